The first-order valence-electron chi connectivity index (χ1n) is 10.9. The Labute approximate surface area is 200 Å². The molecule has 5 rings (SSSR count). The van der Waals surface area contributed by atoms with Gasteiger partial charge in [0.05, 0.1) is 12.0 Å². The summed E-state index contributed by atoms with van der Waals surface area (Å²) in [4.78, 5) is 38.4. The zero-order valence-electron chi connectivity index (χ0n) is 18.5. The second kappa shape index (κ2) is 9.11. The predicted molar refractivity (Wildman–Crippen MR) is 120 cm³/mol. The fourth-order valence-corrected chi connectivity index (χ4v) is 3.97. The molecule has 0 bridgehead atoms. The third kappa shape index (κ3) is 4.29. The molecule has 2 aliphatic rings. The maximum Gasteiger partial charge on any atom is 0.514 e. The van der Waals surface area contributed by atoms with Crippen LogP contribution in [0.3, 0.4) is 0 Å². The Balaban J connectivity index is 1.33. The van der Waals surface area contributed by atoms with Crippen molar-refractivity contribution >= 4 is 18.0 Å². The summed E-state index contributed by atoms with van der Waals surface area (Å²) in [7, 11) is 0. The summed E-state index contributed by atoms with van der Waals surface area (Å²) in [6.07, 6.45) is -1.80. The smallest absolute Gasteiger partial charge is 0.469 e. The number of hydrogen-bond acceptors (Lipinski definition) is 8. The Morgan fingerprint density at radius 3 is 2.20 bits per heavy atom. The molecule has 1 amide bonds. The SMILES string of the molecule is O=C(OCc1ccccc1)Oc1ccc2c(c1)OC1CC(=O)N1C2(O)C(=O)OCc1ccccc1. The van der Waals surface area contributed by atoms with Crippen LogP contribution in [0.25, 0.3) is 0 Å². The molecule has 2 unspecified atom stereocenters. The van der Waals surface area contributed by atoms with Gasteiger partial charge in [-0.25, -0.2) is 9.59 Å². The zero-order valence-corrected chi connectivity index (χ0v) is 18.5. The lowest BCUT2D eigenvalue weighted by molar-refractivity contribution is -0.241. The Morgan fingerprint density at radius 2 is 1.57 bits per heavy atom. The monoisotopic (exact) mass is 475 g/mol. The van der Waals surface area contributed by atoms with Crippen molar-refractivity contribution in [3.63, 3.8) is 0 Å². The minimum absolute atomic E-state index is 0.00450. The van der Waals surface area contributed by atoms with Crippen LogP contribution >= 0.6 is 0 Å². The average molecular weight is 475 g/mol. The summed E-state index contributed by atoms with van der Waals surface area (Å²) in [5.74, 6) is -1.29. The van der Waals surface area contributed by atoms with E-state index in [1.807, 2.05) is 36.4 Å². The van der Waals surface area contributed by atoms with Crippen molar-refractivity contribution in [2.24, 2.45) is 0 Å². The Kier molecular flexibility index (Phi) is 5.84. The van der Waals surface area contributed by atoms with Crippen LogP contribution in [0.4, 0.5) is 4.79 Å². The van der Waals surface area contributed by atoms with Gasteiger partial charge >= 0.3 is 12.1 Å². The van der Waals surface area contributed by atoms with E-state index in [0.717, 1.165) is 16.0 Å². The first-order chi connectivity index (χ1) is 16.9. The lowest BCUT2D eigenvalue weighted by Gasteiger charge is -2.51. The molecule has 9 nitrogen and oxygen atoms in total. The van der Waals surface area contributed by atoms with Crippen LogP contribution in [0.5, 0.6) is 11.5 Å². The number of rotatable bonds is 6. The summed E-state index contributed by atoms with van der Waals surface area (Å²) in [5.41, 5.74) is -0.854. The first kappa shape index (κ1) is 22.4. The Hall–Kier alpha value is -4.37. The maximum absolute atomic E-state index is 13.0. The molecular formula is C26H21NO8. The zero-order chi connectivity index (χ0) is 24.4. The minimum atomic E-state index is -2.38. The molecule has 0 saturated carbocycles. The van der Waals surface area contributed by atoms with Gasteiger partial charge in [-0.1, -0.05) is 60.7 Å². The maximum atomic E-state index is 13.0. The molecule has 2 atom stereocenters. The second-order valence-electron chi connectivity index (χ2n) is 8.06. The van der Waals surface area contributed by atoms with E-state index in [-0.39, 0.29) is 36.7 Å². The Bertz CT molecular complexity index is 1260. The summed E-state index contributed by atoms with van der Waals surface area (Å²) >= 11 is 0. The van der Waals surface area contributed by atoms with Crippen molar-refractivity contribution in [2.45, 2.75) is 31.6 Å². The van der Waals surface area contributed by atoms with Gasteiger partial charge in [0.15, 0.2) is 6.23 Å². The number of carbonyl (C=O) groups excluding carboxylic acids is 3. The number of carbonyl (C=O) groups is 3. The number of fused-ring (bicyclic) bond motifs is 2. The van der Waals surface area contributed by atoms with Gasteiger partial charge in [0.25, 0.3) is 5.72 Å². The lowest BCUT2D eigenvalue weighted by atomic mass is 9.92. The third-order valence-corrected chi connectivity index (χ3v) is 5.74. The van der Waals surface area contributed by atoms with Gasteiger partial charge in [-0.05, 0) is 23.3 Å². The van der Waals surface area contributed by atoms with Crippen molar-refractivity contribution in [3.8, 4) is 11.5 Å². The number of aliphatic hydroxyl groups is 1. The van der Waals surface area contributed by atoms with Crippen LogP contribution in [0.2, 0.25) is 0 Å². The van der Waals surface area contributed by atoms with Crippen LogP contribution in [0.1, 0.15) is 23.1 Å². The molecule has 0 aromatic heterocycles. The number of β-lactam (4-membered cyclic amide) rings is 1. The summed E-state index contributed by atoms with van der Waals surface area (Å²) in [5, 5.41) is 11.4. The number of esters is 1. The van der Waals surface area contributed by atoms with Crippen LogP contribution in [-0.4, -0.2) is 34.3 Å². The highest BCUT2D eigenvalue weighted by Crippen LogP contribution is 2.46. The summed E-state index contributed by atoms with van der Waals surface area (Å²) in [6.45, 7) is -0.0490. The van der Waals surface area contributed by atoms with Crippen molar-refractivity contribution < 1.29 is 38.4 Å². The van der Waals surface area contributed by atoms with E-state index in [2.05, 4.69) is 0 Å². The molecule has 0 spiro atoms. The Morgan fingerprint density at radius 1 is 0.943 bits per heavy atom. The van der Waals surface area contributed by atoms with Gasteiger partial charge in [-0.2, -0.15) is 0 Å². The van der Waals surface area contributed by atoms with E-state index >= 15 is 0 Å². The van der Waals surface area contributed by atoms with E-state index in [0.29, 0.717) is 0 Å². The van der Waals surface area contributed by atoms with E-state index in [1.165, 1.54) is 18.2 Å². The summed E-state index contributed by atoms with van der Waals surface area (Å²) in [6, 6.07) is 22.1. The molecule has 3 aromatic carbocycles. The van der Waals surface area contributed by atoms with Gasteiger partial charge < -0.3 is 24.1 Å². The molecule has 3 aromatic rings. The highest BCUT2D eigenvalue weighted by Gasteiger charge is 2.61. The molecule has 2 aliphatic heterocycles. The quantitative estimate of drug-likeness (QED) is 0.329. The number of amides is 1. The van der Waals surface area contributed by atoms with Crippen LogP contribution in [0.15, 0.2) is 78.9 Å². The highest BCUT2D eigenvalue weighted by molar-refractivity contribution is 5.93. The van der Waals surface area contributed by atoms with Crippen LogP contribution < -0.4 is 9.47 Å². The van der Waals surface area contributed by atoms with E-state index in [9.17, 15) is 19.5 Å². The van der Waals surface area contributed by atoms with Crippen molar-refractivity contribution in [3.05, 3.63) is 95.6 Å². The number of ether oxygens (including phenoxy) is 4. The van der Waals surface area contributed by atoms with E-state index in [4.69, 9.17) is 18.9 Å². The molecule has 1 N–H and O–H groups in total. The van der Waals surface area contributed by atoms with Gasteiger partial charge in [-0.15, -0.1) is 0 Å². The molecule has 0 radical (unpaired) electrons. The minimum Gasteiger partial charge on any atom is -0.469 e. The number of hydrogen-bond donors (Lipinski definition) is 1. The number of benzene rings is 3. The van der Waals surface area contributed by atoms with Gasteiger partial charge in [0, 0.05) is 6.07 Å². The highest BCUT2D eigenvalue weighted by atomic mass is 16.7. The standard InChI is InChI=1S/C26H21NO8/c28-22-14-23-27(22)26(31,24(29)32-15-17-7-3-1-4-8-17)20-12-11-19(13-21(20)35-23)34-25(30)33-16-18-9-5-2-6-10-18/h1-13,23,31H,14-16H2. The van der Waals surface area contributed by atoms with Crippen molar-refractivity contribution in [1.82, 2.24) is 4.90 Å². The fourth-order valence-electron chi connectivity index (χ4n) is 3.97. The molecule has 35 heavy (non-hydrogen) atoms. The average Bonchev–Trinajstić information content (AvgIpc) is 2.86. The van der Waals surface area contributed by atoms with Crippen molar-refractivity contribution in [1.29, 1.82) is 0 Å². The topological polar surface area (TPSA) is 112 Å². The van der Waals surface area contributed by atoms with Gasteiger partial charge in [0.2, 0.25) is 5.91 Å². The summed E-state index contributed by atoms with van der Waals surface area (Å²) < 4.78 is 21.5. The lowest BCUT2D eigenvalue weighted by Crippen LogP contribution is -2.69. The molecule has 0 aliphatic carbocycles. The molecule has 1 fully saturated rings. The predicted octanol–water partition coefficient (Wildman–Crippen LogP) is 3.24. The molecule has 1 saturated heterocycles. The van der Waals surface area contributed by atoms with E-state index < -0.39 is 30.0 Å². The molecule has 9 heteroatoms. The fraction of sp³-hybridized carbons (Fsp3) is 0.192. The molecule has 2 heterocycles. The van der Waals surface area contributed by atoms with Crippen molar-refractivity contribution in [2.75, 3.05) is 0 Å². The van der Waals surface area contributed by atoms with Crippen LogP contribution in [0, 0.1) is 0 Å². The second-order valence-corrected chi connectivity index (χ2v) is 8.06. The van der Waals surface area contributed by atoms with Gasteiger partial charge in [0.1, 0.15) is 24.7 Å². The van der Waals surface area contributed by atoms with E-state index in [1.54, 1.807) is 24.3 Å². The largest absolute Gasteiger partial charge is 0.514 e. The normalized spacial score (nSPS) is 20.0. The first-order valence-corrected chi connectivity index (χ1v) is 10.9. The molecule has 178 valence electrons. The van der Waals surface area contributed by atoms with Gasteiger partial charge in [-0.3, -0.25) is 9.69 Å². The third-order valence-electron chi connectivity index (χ3n) is 5.74. The van der Waals surface area contributed by atoms with Crippen LogP contribution in [-0.2, 0) is 38.0 Å². The molecular weight excluding hydrogens is 454 g/mol. The number of nitrogens with zero attached hydrogens (tertiary/aromatic N) is 1.